The smallest absolute Gasteiger partial charge is 0.324 e. The number of rotatable bonds is 5. The summed E-state index contributed by atoms with van der Waals surface area (Å²) < 4.78 is 0. The molecule has 2 aliphatic heterocycles. The van der Waals surface area contributed by atoms with Gasteiger partial charge in [-0.1, -0.05) is 18.2 Å². The Balaban J connectivity index is 1.43. The summed E-state index contributed by atoms with van der Waals surface area (Å²) in [5, 5.41) is 7.19. The predicted octanol–water partition coefficient (Wildman–Crippen LogP) is 2.04. The van der Waals surface area contributed by atoms with Crippen molar-refractivity contribution in [2.24, 2.45) is 0 Å². The van der Waals surface area contributed by atoms with Crippen LogP contribution in [0.15, 0.2) is 41.8 Å². The van der Waals surface area contributed by atoms with Gasteiger partial charge in [0.2, 0.25) is 11.8 Å². The summed E-state index contributed by atoms with van der Waals surface area (Å²) in [4.78, 5) is 52.4. The van der Waals surface area contributed by atoms with Crippen molar-refractivity contribution in [3.05, 3.63) is 52.2 Å². The van der Waals surface area contributed by atoms with Gasteiger partial charge in [0, 0.05) is 12.2 Å². The number of likely N-dealkylation sites (tertiary alicyclic amines) is 1. The van der Waals surface area contributed by atoms with Gasteiger partial charge in [-0.3, -0.25) is 19.3 Å². The number of hydrogen-bond acceptors (Lipinski definition) is 5. The summed E-state index contributed by atoms with van der Waals surface area (Å²) in [5.41, 5.74) is 1.29. The lowest BCUT2D eigenvalue weighted by Crippen LogP contribution is -2.43. The lowest BCUT2D eigenvalue weighted by Gasteiger charge is -2.23. The maximum absolute atomic E-state index is 12.8. The number of anilines is 1. The van der Waals surface area contributed by atoms with Gasteiger partial charge in [0.05, 0.1) is 18.0 Å². The second kappa shape index (κ2) is 8.04. The monoisotopic (exact) mass is 412 g/mol. The van der Waals surface area contributed by atoms with Crippen LogP contribution in [0.4, 0.5) is 10.5 Å². The van der Waals surface area contributed by atoms with Crippen molar-refractivity contribution in [3.8, 4) is 0 Å². The third kappa shape index (κ3) is 4.00. The van der Waals surface area contributed by atoms with Crippen molar-refractivity contribution in [1.82, 2.24) is 15.1 Å². The van der Waals surface area contributed by atoms with E-state index < -0.39 is 12.1 Å². The highest BCUT2D eigenvalue weighted by Crippen LogP contribution is 2.24. The first-order chi connectivity index (χ1) is 14.0. The third-order valence-corrected chi connectivity index (χ3v) is 5.88. The fourth-order valence-corrected chi connectivity index (χ4v) is 4.27. The molecule has 0 unspecified atom stereocenters. The number of thiophene rings is 1. The van der Waals surface area contributed by atoms with Gasteiger partial charge in [-0.15, -0.1) is 11.3 Å². The Morgan fingerprint density at radius 2 is 2.07 bits per heavy atom. The minimum Gasteiger partial charge on any atom is -0.329 e. The number of urea groups is 1. The van der Waals surface area contributed by atoms with E-state index in [9.17, 15) is 19.2 Å². The molecule has 2 aliphatic rings. The number of carbonyl (C=O) groups is 4. The molecule has 2 fully saturated rings. The van der Waals surface area contributed by atoms with Crippen LogP contribution in [-0.2, 0) is 16.1 Å². The molecule has 2 saturated heterocycles. The number of imide groups is 1. The van der Waals surface area contributed by atoms with Crippen LogP contribution in [0.2, 0.25) is 0 Å². The van der Waals surface area contributed by atoms with Gasteiger partial charge in [0.1, 0.15) is 6.04 Å². The second-order valence-electron chi connectivity index (χ2n) is 6.96. The molecular formula is C20H20N4O4S. The molecular weight excluding hydrogens is 392 g/mol. The van der Waals surface area contributed by atoms with Crippen LogP contribution in [-0.4, -0.2) is 52.7 Å². The van der Waals surface area contributed by atoms with E-state index >= 15 is 0 Å². The van der Waals surface area contributed by atoms with Crippen LogP contribution in [0.3, 0.4) is 0 Å². The normalized spacial score (nSPS) is 18.8. The van der Waals surface area contributed by atoms with E-state index in [1.165, 1.54) is 11.3 Å². The van der Waals surface area contributed by atoms with Crippen LogP contribution >= 0.6 is 11.3 Å². The molecule has 4 rings (SSSR count). The average Bonchev–Trinajstić information content (AvgIpc) is 3.46. The Hall–Kier alpha value is -3.20. The standard InChI is InChI=1S/C20H20N4O4S/c25-17-11-21-20(28)24(17)12-13-4-1-5-14(10-13)22-18(26)15-6-2-8-23(15)19(27)16-7-3-9-29-16/h1,3-5,7,9-10,15H,2,6,8,11-12H2,(H,21,28)(H,22,26)/t15-/m0/s1. The number of hydrogen-bond donors (Lipinski definition) is 2. The van der Waals surface area contributed by atoms with Crippen molar-refractivity contribution in [2.75, 3.05) is 18.4 Å². The van der Waals surface area contributed by atoms with E-state index in [1.54, 1.807) is 35.2 Å². The van der Waals surface area contributed by atoms with Crippen LogP contribution in [0.5, 0.6) is 0 Å². The largest absolute Gasteiger partial charge is 0.329 e. The Morgan fingerprint density at radius 1 is 1.21 bits per heavy atom. The fraction of sp³-hybridized carbons (Fsp3) is 0.300. The van der Waals surface area contributed by atoms with Gasteiger partial charge >= 0.3 is 6.03 Å². The molecule has 0 aliphatic carbocycles. The van der Waals surface area contributed by atoms with Gasteiger partial charge in [-0.2, -0.15) is 0 Å². The maximum Gasteiger partial charge on any atom is 0.324 e. The zero-order chi connectivity index (χ0) is 20.4. The van der Waals surface area contributed by atoms with Crippen molar-refractivity contribution >= 4 is 40.8 Å². The lowest BCUT2D eigenvalue weighted by atomic mass is 10.1. The number of nitrogens with zero attached hydrogens (tertiary/aromatic N) is 2. The highest BCUT2D eigenvalue weighted by molar-refractivity contribution is 7.12. The summed E-state index contributed by atoms with van der Waals surface area (Å²) in [5.74, 6) is -0.636. The molecule has 150 valence electrons. The van der Waals surface area contributed by atoms with E-state index in [4.69, 9.17) is 0 Å². The van der Waals surface area contributed by atoms with E-state index in [0.29, 0.717) is 23.5 Å². The van der Waals surface area contributed by atoms with Crippen molar-refractivity contribution < 1.29 is 19.2 Å². The van der Waals surface area contributed by atoms with E-state index in [-0.39, 0.29) is 30.8 Å². The lowest BCUT2D eigenvalue weighted by molar-refractivity contribution is -0.125. The van der Waals surface area contributed by atoms with Crippen LogP contribution in [0.25, 0.3) is 0 Å². The van der Waals surface area contributed by atoms with Crippen LogP contribution in [0, 0.1) is 0 Å². The highest BCUT2D eigenvalue weighted by Gasteiger charge is 2.35. The molecule has 0 saturated carbocycles. The van der Waals surface area contributed by atoms with Crippen molar-refractivity contribution in [3.63, 3.8) is 0 Å². The molecule has 1 aromatic heterocycles. The molecule has 1 atom stereocenters. The molecule has 5 amide bonds. The molecule has 2 N–H and O–H groups in total. The first-order valence-corrected chi connectivity index (χ1v) is 10.2. The summed E-state index contributed by atoms with van der Waals surface area (Å²) >= 11 is 1.37. The first kappa shape index (κ1) is 19.1. The third-order valence-electron chi connectivity index (χ3n) is 5.02. The first-order valence-electron chi connectivity index (χ1n) is 9.35. The summed E-state index contributed by atoms with van der Waals surface area (Å²) in [6, 6.07) is 9.67. The van der Waals surface area contributed by atoms with Crippen LogP contribution in [0.1, 0.15) is 28.1 Å². The van der Waals surface area contributed by atoms with Gasteiger partial charge < -0.3 is 15.5 Å². The zero-order valence-corrected chi connectivity index (χ0v) is 16.4. The van der Waals surface area contributed by atoms with Gasteiger partial charge in [-0.05, 0) is 42.0 Å². The minimum atomic E-state index is -0.515. The van der Waals surface area contributed by atoms with Crippen molar-refractivity contribution in [1.29, 1.82) is 0 Å². The maximum atomic E-state index is 12.8. The molecule has 8 nitrogen and oxygen atoms in total. The number of nitrogens with one attached hydrogen (secondary N) is 2. The van der Waals surface area contributed by atoms with Crippen LogP contribution < -0.4 is 10.6 Å². The van der Waals surface area contributed by atoms with Gasteiger partial charge in [0.15, 0.2) is 0 Å². The van der Waals surface area contributed by atoms with E-state index in [1.807, 2.05) is 11.4 Å². The molecule has 9 heteroatoms. The van der Waals surface area contributed by atoms with E-state index in [0.717, 1.165) is 16.9 Å². The quantitative estimate of drug-likeness (QED) is 0.734. The number of carbonyl (C=O) groups excluding carboxylic acids is 4. The molecule has 0 bridgehead atoms. The molecule has 2 aromatic rings. The molecule has 3 heterocycles. The SMILES string of the molecule is O=C(Nc1cccc(CN2C(=O)CNC2=O)c1)[C@@H]1CCCN1C(=O)c1cccs1. The zero-order valence-electron chi connectivity index (χ0n) is 15.6. The number of benzene rings is 1. The average molecular weight is 412 g/mol. The summed E-state index contributed by atoms with van der Waals surface area (Å²) in [7, 11) is 0. The molecule has 29 heavy (non-hydrogen) atoms. The minimum absolute atomic E-state index is 0.00500. The predicted molar refractivity (Wildman–Crippen MR) is 107 cm³/mol. The van der Waals surface area contributed by atoms with Gasteiger partial charge in [0.25, 0.3) is 5.91 Å². The Kier molecular flexibility index (Phi) is 5.30. The fourth-order valence-electron chi connectivity index (χ4n) is 3.60. The Labute approximate surface area is 171 Å². The number of amides is 5. The Bertz CT molecular complexity index is 943. The Morgan fingerprint density at radius 3 is 2.79 bits per heavy atom. The summed E-state index contributed by atoms with van der Waals surface area (Å²) in [6.07, 6.45) is 1.40. The summed E-state index contributed by atoms with van der Waals surface area (Å²) in [6.45, 7) is 0.701. The van der Waals surface area contributed by atoms with Crippen molar-refractivity contribution in [2.45, 2.75) is 25.4 Å². The van der Waals surface area contributed by atoms with E-state index in [2.05, 4.69) is 10.6 Å². The molecule has 0 spiro atoms. The topological polar surface area (TPSA) is 98.8 Å². The van der Waals surface area contributed by atoms with Gasteiger partial charge in [-0.25, -0.2) is 4.79 Å². The second-order valence-corrected chi connectivity index (χ2v) is 7.91. The molecule has 1 aromatic carbocycles. The molecule has 0 radical (unpaired) electrons. The highest BCUT2D eigenvalue weighted by atomic mass is 32.1.